The Morgan fingerprint density at radius 1 is 0.970 bits per heavy atom. The summed E-state index contributed by atoms with van der Waals surface area (Å²) in [5, 5.41) is 3.81. The summed E-state index contributed by atoms with van der Waals surface area (Å²) in [7, 11) is -2.61. The molecule has 2 amide bonds. The van der Waals surface area contributed by atoms with Crippen LogP contribution in [0.3, 0.4) is 0 Å². The zero-order chi connectivity index (χ0) is 25.0. The second-order valence-corrected chi connectivity index (χ2v) is 11.7. The van der Waals surface area contributed by atoms with Crippen LogP contribution in [0.2, 0.25) is 10.0 Å². The maximum atomic E-state index is 13.3. The summed E-state index contributed by atoms with van der Waals surface area (Å²) in [6.45, 7) is 6.82. The van der Waals surface area contributed by atoms with Crippen LogP contribution in [0.25, 0.3) is 0 Å². The third kappa shape index (κ3) is 7.71. The minimum Gasteiger partial charge on any atom is -0.350 e. The number of hydrogen-bond donors (Lipinski definition) is 1. The highest BCUT2D eigenvalue weighted by Crippen LogP contribution is 2.19. The summed E-state index contributed by atoms with van der Waals surface area (Å²) in [5.41, 5.74) is 0.265. The second-order valence-electron chi connectivity index (χ2n) is 8.78. The molecule has 0 saturated carbocycles. The average molecular weight is 514 g/mol. The van der Waals surface area contributed by atoms with Gasteiger partial charge in [0.25, 0.3) is 0 Å². The van der Waals surface area contributed by atoms with Gasteiger partial charge in [-0.05, 0) is 69.7 Å². The minimum atomic E-state index is -3.93. The number of nitrogens with zero attached hydrogens (tertiary/aromatic N) is 2. The number of sulfonamides is 1. The molecule has 0 unspecified atom stereocenters. The smallest absolute Gasteiger partial charge is 0.243 e. The SMILES string of the molecule is C[C@@H](C(=O)NC(C)(C)C)N(Cc1ccc(Cl)cc1)C(=O)CN(C)S(=O)(=O)c1ccc(Cl)cc1. The van der Waals surface area contributed by atoms with E-state index in [2.05, 4.69) is 5.32 Å². The lowest BCUT2D eigenvalue weighted by Crippen LogP contribution is -2.54. The molecule has 0 saturated heterocycles. The Balaban J connectivity index is 2.28. The number of amides is 2. The zero-order valence-electron chi connectivity index (χ0n) is 19.3. The van der Waals surface area contributed by atoms with E-state index < -0.39 is 34.1 Å². The number of nitrogens with one attached hydrogen (secondary N) is 1. The van der Waals surface area contributed by atoms with Crippen molar-refractivity contribution in [2.24, 2.45) is 0 Å². The van der Waals surface area contributed by atoms with Gasteiger partial charge in [-0.25, -0.2) is 8.42 Å². The molecule has 0 heterocycles. The van der Waals surface area contributed by atoms with E-state index in [0.29, 0.717) is 10.0 Å². The molecular formula is C23H29Cl2N3O4S. The third-order valence-electron chi connectivity index (χ3n) is 4.81. The van der Waals surface area contributed by atoms with Crippen LogP contribution in [-0.4, -0.2) is 54.6 Å². The van der Waals surface area contributed by atoms with Crippen LogP contribution in [0.4, 0.5) is 0 Å². The maximum absolute atomic E-state index is 13.3. The summed E-state index contributed by atoms with van der Waals surface area (Å²) in [6, 6.07) is 11.8. The number of carbonyl (C=O) groups excluding carboxylic acids is 2. The van der Waals surface area contributed by atoms with Crippen molar-refractivity contribution in [2.75, 3.05) is 13.6 Å². The van der Waals surface area contributed by atoms with E-state index in [1.165, 1.54) is 36.2 Å². The lowest BCUT2D eigenvalue weighted by Gasteiger charge is -2.32. The normalized spacial score (nSPS) is 13.0. The molecule has 0 fully saturated rings. The molecule has 0 aliphatic rings. The molecule has 33 heavy (non-hydrogen) atoms. The van der Waals surface area contributed by atoms with E-state index >= 15 is 0 Å². The predicted molar refractivity (Wildman–Crippen MR) is 131 cm³/mol. The molecule has 2 rings (SSSR count). The number of rotatable bonds is 8. The van der Waals surface area contributed by atoms with Gasteiger partial charge in [0, 0.05) is 29.2 Å². The van der Waals surface area contributed by atoms with E-state index in [1.807, 2.05) is 20.8 Å². The molecule has 0 radical (unpaired) electrons. The van der Waals surface area contributed by atoms with E-state index in [-0.39, 0.29) is 17.3 Å². The van der Waals surface area contributed by atoms with Gasteiger partial charge in [0.05, 0.1) is 11.4 Å². The van der Waals surface area contributed by atoms with Gasteiger partial charge >= 0.3 is 0 Å². The first-order valence-electron chi connectivity index (χ1n) is 10.3. The Labute approximate surface area is 205 Å². The number of halogens is 2. The lowest BCUT2D eigenvalue weighted by molar-refractivity contribution is -0.141. The van der Waals surface area contributed by atoms with E-state index in [0.717, 1.165) is 9.87 Å². The van der Waals surface area contributed by atoms with Gasteiger partial charge in [0.2, 0.25) is 21.8 Å². The fourth-order valence-corrected chi connectivity index (χ4v) is 4.37. The molecule has 7 nitrogen and oxygen atoms in total. The van der Waals surface area contributed by atoms with Crippen molar-refractivity contribution < 1.29 is 18.0 Å². The molecular weight excluding hydrogens is 485 g/mol. The standard InChI is InChI=1S/C23H29Cl2N3O4S/c1-16(22(30)26-23(2,3)4)28(14-17-6-8-18(24)9-7-17)21(29)15-27(5)33(31,32)20-12-10-19(25)11-13-20/h6-13,16H,14-15H2,1-5H3,(H,26,30)/t16-/m0/s1. The van der Waals surface area contributed by atoms with Gasteiger partial charge in [-0.1, -0.05) is 35.3 Å². The van der Waals surface area contributed by atoms with Gasteiger partial charge in [-0.3, -0.25) is 9.59 Å². The van der Waals surface area contributed by atoms with E-state index in [4.69, 9.17) is 23.2 Å². The van der Waals surface area contributed by atoms with Crippen molar-refractivity contribution >= 4 is 45.0 Å². The van der Waals surface area contributed by atoms with Gasteiger partial charge in [-0.15, -0.1) is 0 Å². The molecule has 2 aromatic carbocycles. The largest absolute Gasteiger partial charge is 0.350 e. The predicted octanol–water partition coefficient (Wildman–Crippen LogP) is 3.95. The van der Waals surface area contributed by atoms with Crippen LogP contribution in [0.15, 0.2) is 53.4 Å². The fourth-order valence-electron chi connectivity index (χ4n) is 3.00. The average Bonchev–Trinajstić information content (AvgIpc) is 2.71. The van der Waals surface area contributed by atoms with Crippen molar-refractivity contribution in [2.45, 2.75) is 50.7 Å². The number of benzene rings is 2. The van der Waals surface area contributed by atoms with Gasteiger partial charge in [-0.2, -0.15) is 4.31 Å². The monoisotopic (exact) mass is 513 g/mol. The van der Waals surface area contributed by atoms with E-state index in [1.54, 1.807) is 31.2 Å². The van der Waals surface area contributed by atoms with E-state index in [9.17, 15) is 18.0 Å². The Hall–Kier alpha value is -2.13. The number of hydrogen-bond acceptors (Lipinski definition) is 4. The van der Waals surface area contributed by atoms with Crippen LogP contribution in [0, 0.1) is 0 Å². The van der Waals surface area contributed by atoms with Crippen LogP contribution < -0.4 is 5.32 Å². The first kappa shape index (κ1) is 27.1. The van der Waals surface area contributed by atoms with Crippen LogP contribution in [0.5, 0.6) is 0 Å². The molecule has 0 spiro atoms. The fraction of sp³-hybridized carbons (Fsp3) is 0.391. The van der Waals surface area contributed by atoms with Crippen molar-refractivity contribution in [3.8, 4) is 0 Å². The summed E-state index contributed by atoms with van der Waals surface area (Å²) < 4.78 is 26.8. The van der Waals surface area contributed by atoms with Gasteiger partial charge in [0.15, 0.2) is 0 Å². The highest BCUT2D eigenvalue weighted by Gasteiger charge is 2.31. The Morgan fingerprint density at radius 3 is 1.94 bits per heavy atom. The Bertz CT molecular complexity index is 1080. The maximum Gasteiger partial charge on any atom is 0.243 e. The Kier molecular flexibility index (Phi) is 8.93. The molecule has 0 aliphatic carbocycles. The molecule has 2 aromatic rings. The van der Waals surface area contributed by atoms with Crippen LogP contribution in [0.1, 0.15) is 33.3 Å². The number of likely N-dealkylation sites (N-methyl/N-ethyl adjacent to an activating group) is 1. The number of carbonyl (C=O) groups is 2. The molecule has 0 aromatic heterocycles. The zero-order valence-corrected chi connectivity index (χ0v) is 21.6. The van der Waals surface area contributed by atoms with Crippen LogP contribution in [-0.2, 0) is 26.2 Å². The highest BCUT2D eigenvalue weighted by molar-refractivity contribution is 7.89. The molecule has 180 valence electrons. The summed E-state index contributed by atoms with van der Waals surface area (Å²) in [4.78, 5) is 27.5. The van der Waals surface area contributed by atoms with Crippen molar-refractivity contribution in [3.05, 3.63) is 64.1 Å². The molecule has 0 bridgehead atoms. The highest BCUT2D eigenvalue weighted by atomic mass is 35.5. The minimum absolute atomic E-state index is 0.0185. The first-order valence-corrected chi connectivity index (χ1v) is 12.5. The van der Waals surface area contributed by atoms with Crippen molar-refractivity contribution in [1.82, 2.24) is 14.5 Å². The van der Waals surface area contributed by atoms with Gasteiger partial charge in [0.1, 0.15) is 6.04 Å². The topological polar surface area (TPSA) is 86.8 Å². The quantitative estimate of drug-likeness (QED) is 0.578. The molecule has 0 aliphatic heterocycles. The molecule has 1 atom stereocenters. The lowest BCUT2D eigenvalue weighted by atomic mass is 10.1. The summed E-state index contributed by atoms with van der Waals surface area (Å²) in [5.74, 6) is -0.852. The van der Waals surface area contributed by atoms with Crippen molar-refractivity contribution in [3.63, 3.8) is 0 Å². The Morgan fingerprint density at radius 2 is 1.45 bits per heavy atom. The van der Waals surface area contributed by atoms with Crippen molar-refractivity contribution in [1.29, 1.82) is 0 Å². The molecule has 1 N–H and O–H groups in total. The summed E-state index contributed by atoms with van der Waals surface area (Å²) >= 11 is 11.8. The summed E-state index contributed by atoms with van der Waals surface area (Å²) in [6.07, 6.45) is 0. The first-order chi connectivity index (χ1) is 15.2. The van der Waals surface area contributed by atoms with Crippen LogP contribution >= 0.6 is 23.2 Å². The second kappa shape index (κ2) is 10.9. The third-order valence-corrected chi connectivity index (χ3v) is 7.13. The molecule has 10 heteroatoms. The van der Waals surface area contributed by atoms with Gasteiger partial charge < -0.3 is 10.2 Å².